The van der Waals surface area contributed by atoms with Gasteiger partial charge in [-0.1, -0.05) is 94.4 Å². The summed E-state index contributed by atoms with van der Waals surface area (Å²) in [5.74, 6) is -2.11. The van der Waals surface area contributed by atoms with Crippen LogP contribution in [-0.4, -0.2) is 28.1 Å². The van der Waals surface area contributed by atoms with Crippen LogP contribution in [0.1, 0.15) is 89.5 Å². The van der Waals surface area contributed by atoms with Crippen molar-refractivity contribution in [1.82, 2.24) is 0 Å². The number of carbonyl (C=O) groups is 2. The molecular formula is C26H40O4. The molecule has 168 valence electrons. The molecule has 4 nitrogen and oxygen atoms in total. The van der Waals surface area contributed by atoms with Gasteiger partial charge in [-0.2, -0.15) is 0 Å². The number of hydrogen-bond donors (Lipinski definition) is 2. The van der Waals surface area contributed by atoms with Gasteiger partial charge in [-0.15, -0.1) is 0 Å². The minimum Gasteiger partial charge on any atom is -0.481 e. The molecule has 2 N–H and O–H groups in total. The molecule has 1 aromatic carbocycles. The van der Waals surface area contributed by atoms with Crippen molar-refractivity contribution >= 4 is 11.8 Å². The van der Waals surface area contributed by atoms with Gasteiger partial charge in [-0.25, -0.2) is 0 Å². The van der Waals surface area contributed by atoms with Gasteiger partial charge in [-0.3, -0.25) is 9.59 Å². The van der Waals surface area contributed by atoms with Crippen LogP contribution < -0.4 is 0 Å². The number of allylic oxidation sites excluding steroid dienone is 1. The van der Waals surface area contributed by atoms with E-state index in [0.29, 0.717) is 6.42 Å². The third-order valence-corrected chi connectivity index (χ3v) is 5.49. The van der Waals surface area contributed by atoms with Gasteiger partial charge in [0.15, 0.2) is 5.78 Å². The smallest absolute Gasteiger partial charge is 0.314 e. The summed E-state index contributed by atoms with van der Waals surface area (Å²) >= 11 is 0. The fourth-order valence-corrected chi connectivity index (χ4v) is 3.60. The molecule has 0 amide bonds. The van der Waals surface area contributed by atoms with Crippen molar-refractivity contribution in [3.05, 3.63) is 48.0 Å². The summed E-state index contributed by atoms with van der Waals surface area (Å²) in [5.41, 5.74) is 0.867. The Morgan fingerprint density at radius 2 is 1.57 bits per heavy atom. The van der Waals surface area contributed by atoms with Gasteiger partial charge in [-0.05, 0) is 37.7 Å². The number of carbonyl (C=O) groups excluding carboxylic acids is 1. The van der Waals surface area contributed by atoms with Crippen molar-refractivity contribution in [1.29, 1.82) is 0 Å². The molecule has 0 saturated carbocycles. The number of benzene rings is 1. The molecule has 1 unspecified atom stereocenters. The number of carboxylic acid groups (broad SMARTS) is 1. The van der Waals surface area contributed by atoms with Gasteiger partial charge in [0.05, 0.1) is 6.10 Å². The van der Waals surface area contributed by atoms with Crippen molar-refractivity contribution in [2.45, 2.75) is 96.5 Å². The van der Waals surface area contributed by atoms with E-state index >= 15 is 0 Å². The minimum absolute atomic E-state index is 0.188. The maximum atomic E-state index is 12.3. The summed E-state index contributed by atoms with van der Waals surface area (Å²) in [6.45, 7) is 2.19. The number of aliphatic hydroxyl groups is 1. The lowest BCUT2D eigenvalue weighted by molar-refractivity contribution is -0.146. The Hall–Kier alpha value is -1.94. The highest BCUT2D eigenvalue weighted by molar-refractivity contribution is 5.99. The molecule has 1 aromatic rings. The van der Waals surface area contributed by atoms with E-state index < -0.39 is 11.9 Å². The number of hydrogen-bond acceptors (Lipinski definition) is 3. The van der Waals surface area contributed by atoms with Crippen LogP contribution in [0.2, 0.25) is 0 Å². The molecule has 0 bridgehead atoms. The Bertz CT molecular complexity index is 609. The summed E-state index contributed by atoms with van der Waals surface area (Å²) in [4.78, 5) is 23.8. The lowest BCUT2D eigenvalue weighted by Crippen LogP contribution is -2.25. The number of ketones is 1. The molecule has 2 atom stereocenters. The van der Waals surface area contributed by atoms with Crippen LogP contribution in [-0.2, 0) is 16.0 Å². The highest BCUT2D eigenvalue weighted by Gasteiger charge is 2.25. The largest absolute Gasteiger partial charge is 0.481 e. The van der Waals surface area contributed by atoms with Crippen LogP contribution in [0.3, 0.4) is 0 Å². The van der Waals surface area contributed by atoms with E-state index in [0.717, 1.165) is 56.9 Å². The van der Waals surface area contributed by atoms with Crippen molar-refractivity contribution < 1.29 is 19.8 Å². The molecule has 0 radical (unpaired) electrons. The second-order valence-electron chi connectivity index (χ2n) is 8.22. The van der Waals surface area contributed by atoms with Gasteiger partial charge in [0.25, 0.3) is 0 Å². The first-order valence-electron chi connectivity index (χ1n) is 11.7. The summed E-state index contributed by atoms with van der Waals surface area (Å²) in [6, 6.07) is 9.32. The van der Waals surface area contributed by atoms with E-state index in [9.17, 15) is 19.8 Å². The number of aliphatic hydroxyl groups excluding tert-OH is 1. The average molecular weight is 417 g/mol. The lowest BCUT2D eigenvalue weighted by atomic mass is 9.92. The molecule has 30 heavy (non-hydrogen) atoms. The molecule has 4 heteroatoms. The van der Waals surface area contributed by atoms with E-state index in [1.165, 1.54) is 19.3 Å². The first-order chi connectivity index (χ1) is 14.5. The lowest BCUT2D eigenvalue weighted by Gasteiger charge is -2.11. The Balaban J connectivity index is 2.12. The Morgan fingerprint density at radius 1 is 0.900 bits per heavy atom. The predicted octanol–water partition coefficient (Wildman–Crippen LogP) is 6.12. The molecule has 0 aliphatic carbocycles. The van der Waals surface area contributed by atoms with Crippen LogP contribution in [0.25, 0.3) is 0 Å². The molecular weight excluding hydrogens is 376 g/mol. The molecule has 0 aliphatic heterocycles. The van der Waals surface area contributed by atoms with Crippen molar-refractivity contribution in [3.8, 4) is 0 Å². The van der Waals surface area contributed by atoms with Crippen molar-refractivity contribution in [3.63, 3.8) is 0 Å². The van der Waals surface area contributed by atoms with E-state index in [4.69, 9.17) is 0 Å². The molecule has 1 rings (SSSR count). The molecule has 0 saturated heterocycles. The molecule has 0 spiro atoms. The number of Topliss-reactive ketones (excluding diaryl/α,β-unsaturated/α-hetero) is 1. The Kier molecular flexibility index (Phi) is 14.6. The normalized spacial score (nSPS) is 13.4. The zero-order valence-electron chi connectivity index (χ0n) is 18.6. The maximum absolute atomic E-state index is 12.3. The summed E-state index contributed by atoms with van der Waals surface area (Å²) in [7, 11) is 0. The summed E-state index contributed by atoms with van der Waals surface area (Å²) < 4.78 is 0. The molecule has 0 fully saturated rings. The van der Waals surface area contributed by atoms with E-state index in [2.05, 4.69) is 19.1 Å². The summed E-state index contributed by atoms with van der Waals surface area (Å²) in [5, 5.41) is 19.3. The fraction of sp³-hybridized carbons (Fsp3) is 0.615. The van der Waals surface area contributed by atoms with E-state index in [-0.39, 0.29) is 18.3 Å². The third kappa shape index (κ3) is 12.6. The van der Waals surface area contributed by atoms with Crippen molar-refractivity contribution in [2.75, 3.05) is 0 Å². The van der Waals surface area contributed by atoms with Crippen LogP contribution >= 0.6 is 0 Å². The quantitative estimate of drug-likeness (QED) is 0.172. The second-order valence-corrected chi connectivity index (χ2v) is 8.22. The SMILES string of the molecule is CCCCCC[C@@H](O)C/C=C\CCCCCCC(C(=O)O)C(=O)Cc1ccccc1. The monoisotopic (exact) mass is 416 g/mol. The minimum atomic E-state index is -1.01. The maximum Gasteiger partial charge on any atom is 0.314 e. The number of carboxylic acids is 1. The Morgan fingerprint density at radius 3 is 2.27 bits per heavy atom. The zero-order chi connectivity index (χ0) is 22.0. The van der Waals surface area contributed by atoms with Crippen LogP contribution in [0, 0.1) is 5.92 Å². The van der Waals surface area contributed by atoms with E-state index in [1.54, 1.807) is 0 Å². The number of aliphatic carboxylic acids is 1. The van der Waals surface area contributed by atoms with E-state index in [1.807, 2.05) is 30.3 Å². The van der Waals surface area contributed by atoms with Crippen LogP contribution in [0.5, 0.6) is 0 Å². The Labute approximate surface area is 182 Å². The number of unbranched alkanes of at least 4 members (excludes halogenated alkanes) is 7. The van der Waals surface area contributed by atoms with Gasteiger partial charge in [0, 0.05) is 6.42 Å². The highest BCUT2D eigenvalue weighted by atomic mass is 16.4. The third-order valence-electron chi connectivity index (χ3n) is 5.49. The van der Waals surface area contributed by atoms with Crippen LogP contribution in [0.4, 0.5) is 0 Å². The molecule has 0 heterocycles. The van der Waals surface area contributed by atoms with Gasteiger partial charge in [0.1, 0.15) is 5.92 Å². The summed E-state index contributed by atoms with van der Waals surface area (Å²) in [6.07, 6.45) is 15.8. The van der Waals surface area contributed by atoms with Crippen LogP contribution in [0.15, 0.2) is 42.5 Å². The number of rotatable bonds is 18. The second kappa shape index (κ2) is 16.8. The highest BCUT2D eigenvalue weighted by Crippen LogP contribution is 2.16. The fourth-order valence-electron chi connectivity index (χ4n) is 3.60. The zero-order valence-corrected chi connectivity index (χ0v) is 18.6. The molecule has 0 aliphatic rings. The molecule has 0 aromatic heterocycles. The standard InChI is InChI=1S/C26H40O4/c1-2-3-4-13-18-23(27)19-14-8-6-5-7-9-15-20-24(26(29)30)25(28)21-22-16-11-10-12-17-22/h8,10-12,14,16-17,23-24,27H,2-7,9,13,15,18-21H2,1H3,(H,29,30)/b14-8-/t23-,24?/m1/s1. The van der Waals surface area contributed by atoms with Gasteiger partial charge in [0.2, 0.25) is 0 Å². The first kappa shape index (κ1) is 26.1. The van der Waals surface area contributed by atoms with Crippen molar-refractivity contribution in [2.24, 2.45) is 5.92 Å². The van der Waals surface area contributed by atoms with Gasteiger partial charge < -0.3 is 10.2 Å². The average Bonchev–Trinajstić information content (AvgIpc) is 2.73. The predicted molar refractivity (Wildman–Crippen MR) is 123 cm³/mol. The topological polar surface area (TPSA) is 74.6 Å². The van der Waals surface area contributed by atoms with Gasteiger partial charge >= 0.3 is 5.97 Å². The first-order valence-corrected chi connectivity index (χ1v) is 11.7.